The van der Waals surface area contributed by atoms with Crippen molar-refractivity contribution in [2.75, 3.05) is 18.0 Å². The fourth-order valence-corrected chi connectivity index (χ4v) is 4.40. The number of carbonyl (C=O) groups is 1. The third kappa shape index (κ3) is 4.77. The number of hydrogen-bond donors (Lipinski definition) is 1. The van der Waals surface area contributed by atoms with Gasteiger partial charge in [0.05, 0.1) is 5.69 Å². The van der Waals surface area contributed by atoms with E-state index in [1.54, 1.807) is 37.3 Å². The molecule has 0 atom stereocenters. The zero-order valence-corrected chi connectivity index (χ0v) is 20.7. The minimum atomic E-state index is -0.983. The van der Waals surface area contributed by atoms with Gasteiger partial charge in [-0.15, -0.1) is 0 Å². The molecule has 0 radical (unpaired) electrons. The molecule has 39 heavy (non-hydrogen) atoms. The largest absolute Gasteiger partial charge is 0.329 e. The molecule has 1 amide bonds. The molecule has 0 saturated carbocycles. The molecule has 0 aliphatic heterocycles. The Kier molecular flexibility index (Phi) is 6.95. The van der Waals surface area contributed by atoms with E-state index in [4.69, 9.17) is 5.73 Å². The lowest BCUT2D eigenvalue weighted by molar-refractivity contribution is 0.0986. The molecule has 0 unspecified atom stereocenters. The number of amides is 1. The number of hydrogen-bond acceptors (Lipinski definition) is 5. The summed E-state index contributed by atoms with van der Waals surface area (Å²) >= 11 is 0. The SMILES string of the molecule is Cc1cc(F)ccc1-c1nc(N(CCN)C(=O)c2ccccc2)nc2c1ccc(=O)n2-c1c(F)cccc1F. The van der Waals surface area contributed by atoms with Crippen molar-refractivity contribution in [2.24, 2.45) is 5.73 Å². The smallest absolute Gasteiger partial charge is 0.260 e. The molecule has 0 saturated heterocycles. The van der Waals surface area contributed by atoms with Crippen LogP contribution in [0.1, 0.15) is 15.9 Å². The van der Waals surface area contributed by atoms with Gasteiger partial charge in [0.25, 0.3) is 11.5 Å². The quantitative estimate of drug-likeness (QED) is 0.342. The second-order valence-corrected chi connectivity index (χ2v) is 8.76. The standard InChI is InChI=1S/C29H22F3N5O2/c1-17-16-19(30)10-11-20(17)25-21-12-13-24(38)37(26-22(31)8-5-9-23(26)32)27(21)35-29(34-25)36(15-14-33)28(39)18-6-3-2-4-7-18/h2-13,16H,14-15,33H2,1H3. The maximum absolute atomic E-state index is 14.9. The van der Waals surface area contributed by atoms with Crippen LogP contribution >= 0.6 is 0 Å². The number of aromatic nitrogens is 3. The van der Waals surface area contributed by atoms with Gasteiger partial charge in [-0.25, -0.2) is 18.2 Å². The number of nitrogens with two attached hydrogens (primary N) is 1. The van der Waals surface area contributed by atoms with Crippen molar-refractivity contribution < 1.29 is 18.0 Å². The van der Waals surface area contributed by atoms with Gasteiger partial charge in [-0.2, -0.15) is 4.98 Å². The molecule has 0 aliphatic carbocycles. The summed E-state index contributed by atoms with van der Waals surface area (Å²) in [4.78, 5) is 37.0. The fourth-order valence-electron chi connectivity index (χ4n) is 4.40. The molecule has 0 aliphatic rings. The molecule has 10 heteroatoms. The average molecular weight is 530 g/mol. The normalized spacial score (nSPS) is 11.1. The van der Waals surface area contributed by atoms with Crippen LogP contribution in [0.3, 0.4) is 0 Å². The van der Waals surface area contributed by atoms with Gasteiger partial charge in [0, 0.05) is 35.7 Å². The van der Waals surface area contributed by atoms with Crippen molar-refractivity contribution in [1.82, 2.24) is 14.5 Å². The van der Waals surface area contributed by atoms with Crippen LogP contribution in [0.4, 0.5) is 19.1 Å². The number of rotatable bonds is 6. The molecule has 3 aromatic carbocycles. The minimum Gasteiger partial charge on any atom is -0.329 e. The van der Waals surface area contributed by atoms with Gasteiger partial charge in [-0.1, -0.05) is 24.3 Å². The lowest BCUT2D eigenvalue weighted by atomic mass is 10.0. The highest BCUT2D eigenvalue weighted by Crippen LogP contribution is 2.32. The van der Waals surface area contributed by atoms with Crippen LogP contribution in [0, 0.1) is 24.4 Å². The molecule has 196 valence electrons. The number of pyridine rings is 1. The van der Waals surface area contributed by atoms with Crippen molar-refractivity contribution in [1.29, 1.82) is 0 Å². The first-order valence-electron chi connectivity index (χ1n) is 12.0. The lowest BCUT2D eigenvalue weighted by Gasteiger charge is -2.22. The number of nitrogens with zero attached hydrogens (tertiary/aromatic N) is 4. The Balaban J connectivity index is 1.88. The molecule has 0 bridgehead atoms. The van der Waals surface area contributed by atoms with E-state index in [1.165, 1.54) is 35.2 Å². The maximum Gasteiger partial charge on any atom is 0.260 e. The van der Waals surface area contributed by atoms with Crippen LogP contribution in [0.25, 0.3) is 28.0 Å². The van der Waals surface area contributed by atoms with E-state index in [9.17, 15) is 22.8 Å². The molecule has 0 spiro atoms. The van der Waals surface area contributed by atoms with E-state index >= 15 is 0 Å². The minimum absolute atomic E-state index is 0.00615. The molecular formula is C29H22F3N5O2. The molecular weight excluding hydrogens is 507 g/mol. The van der Waals surface area contributed by atoms with Crippen molar-refractivity contribution in [2.45, 2.75) is 6.92 Å². The molecule has 0 fully saturated rings. The number of aryl methyl sites for hydroxylation is 1. The van der Waals surface area contributed by atoms with E-state index in [-0.39, 0.29) is 35.8 Å². The number of para-hydroxylation sites is 1. The number of halogens is 3. The first-order valence-corrected chi connectivity index (χ1v) is 12.0. The Morgan fingerprint density at radius 2 is 1.64 bits per heavy atom. The van der Waals surface area contributed by atoms with Crippen LogP contribution in [0.2, 0.25) is 0 Å². The molecule has 2 N–H and O–H groups in total. The Bertz CT molecular complexity index is 1750. The predicted molar refractivity (Wildman–Crippen MR) is 142 cm³/mol. The third-order valence-electron chi connectivity index (χ3n) is 6.20. The first kappa shape index (κ1) is 25.8. The van der Waals surface area contributed by atoms with Crippen LogP contribution in [-0.4, -0.2) is 33.5 Å². The van der Waals surface area contributed by atoms with Crippen molar-refractivity contribution in [3.05, 3.63) is 118 Å². The zero-order chi connectivity index (χ0) is 27.7. The Hall–Kier alpha value is -4.83. The number of carbonyl (C=O) groups excluding carboxylic acids is 1. The summed E-state index contributed by atoms with van der Waals surface area (Å²) in [5.74, 6) is -3.04. The highest BCUT2D eigenvalue weighted by Gasteiger charge is 2.25. The molecule has 2 heterocycles. The monoisotopic (exact) mass is 529 g/mol. The van der Waals surface area contributed by atoms with Gasteiger partial charge in [0.15, 0.2) is 5.65 Å². The Morgan fingerprint density at radius 1 is 0.923 bits per heavy atom. The second-order valence-electron chi connectivity index (χ2n) is 8.76. The summed E-state index contributed by atoms with van der Waals surface area (Å²) < 4.78 is 44.7. The van der Waals surface area contributed by atoms with E-state index in [2.05, 4.69) is 9.97 Å². The first-order chi connectivity index (χ1) is 18.8. The van der Waals surface area contributed by atoms with Crippen LogP contribution in [0.15, 0.2) is 83.7 Å². The van der Waals surface area contributed by atoms with Crippen LogP contribution in [-0.2, 0) is 0 Å². The summed E-state index contributed by atoms with van der Waals surface area (Å²) in [5.41, 5.74) is 5.86. The van der Waals surface area contributed by atoms with Crippen LogP contribution < -0.4 is 16.2 Å². The van der Waals surface area contributed by atoms with Gasteiger partial charge in [0.1, 0.15) is 23.1 Å². The number of anilines is 1. The molecule has 5 aromatic rings. The summed E-state index contributed by atoms with van der Waals surface area (Å²) in [6.45, 7) is 1.73. The van der Waals surface area contributed by atoms with Crippen LogP contribution in [0.5, 0.6) is 0 Å². The molecule has 7 nitrogen and oxygen atoms in total. The second kappa shape index (κ2) is 10.5. The summed E-state index contributed by atoms with van der Waals surface area (Å²) in [6.07, 6.45) is 0. The topological polar surface area (TPSA) is 94.1 Å². The highest BCUT2D eigenvalue weighted by atomic mass is 19.1. The van der Waals surface area contributed by atoms with Gasteiger partial charge in [-0.3, -0.25) is 19.1 Å². The predicted octanol–water partition coefficient (Wildman–Crippen LogP) is 4.78. The van der Waals surface area contributed by atoms with Gasteiger partial charge in [0.2, 0.25) is 5.95 Å². The Labute approximate surface area is 221 Å². The van der Waals surface area contributed by atoms with E-state index in [0.717, 1.165) is 22.8 Å². The lowest BCUT2D eigenvalue weighted by Crippen LogP contribution is -2.37. The fraction of sp³-hybridized carbons (Fsp3) is 0.103. The number of fused-ring (bicyclic) bond motifs is 1. The van der Waals surface area contributed by atoms with Crippen molar-refractivity contribution >= 4 is 22.9 Å². The van der Waals surface area contributed by atoms with Gasteiger partial charge < -0.3 is 5.73 Å². The van der Waals surface area contributed by atoms with Crippen molar-refractivity contribution in [3.8, 4) is 16.9 Å². The van der Waals surface area contributed by atoms with E-state index < -0.39 is 34.6 Å². The zero-order valence-electron chi connectivity index (χ0n) is 20.7. The summed E-state index contributed by atoms with van der Waals surface area (Å²) in [5, 5.41) is 0.260. The van der Waals surface area contributed by atoms with E-state index in [1.807, 2.05) is 0 Å². The van der Waals surface area contributed by atoms with E-state index in [0.29, 0.717) is 16.7 Å². The molecule has 5 rings (SSSR count). The maximum atomic E-state index is 14.9. The third-order valence-corrected chi connectivity index (χ3v) is 6.20. The number of benzene rings is 3. The highest BCUT2D eigenvalue weighted by molar-refractivity contribution is 6.06. The average Bonchev–Trinajstić information content (AvgIpc) is 2.92. The Morgan fingerprint density at radius 3 is 2.31 bits per heavy atom. The van der Waals surface area contributed by atoms with Crippen molar-refractivity contribution in [3.63, 3.8) is 0 Å². The summed E-state index contributed by atoms with van der Waals surface area (Å²) in [7, 11) is 0. The van der Waals surface area contributed by atoms with Gasteiger partial charge >= 0.3 is 0 Å². The van der Waals surface area contributed by atoms with Gasteiger partial charge in [-0.05, 0) is 61.0 Å². The molecule has 2 aromatic heterocycles. The summed E-state index contributed by atoms with van der Waals surface area (Å²) in [6, 6.07) is 18.2.